The molecule has 0 radical (unpaired) electrons. The molecule has 4 heteroatoms. The normalized spacial score (nSPS) is 32.6. The maximum Gasteiger partial charge on any atom is 0.0426 e. The highest BCUT2D eigenvalue weighted by molar-refractivity contribution is 6.30. The van der Waals surface area contributed by atoms with Gasteiger partial charge in [0.25, 0.3) is 0 Å². The van der Waals surface area contributed by atoms with Crippen LogP contribution < -0.4 is 10.6 Å². The molecule has 98 valence electrons. The van der Waals surface area contributed by atoms with Crippen molar-refractivity contribution in [1.29, 1.82) is 0 Å². The molecule has 0 spiro atoms. The fourth-order valence-electron chi connectivity index (χ4n) is 3.39. The van der Waals surface area contributed by atoms with Gasteiger partial charge in [0, 0.05) is 54.8 Å². The minimum Gasteiger partial charge on any atom is -0.371 e. The van der Waals surface area contributed by atoms with Gasteiger partial charge in [-0.25, -0.2) is 0 Å². The average Bonchev–Trinajstić information content (AvgIpc) is 2.31. The van der Waals surface area contributed by atoms with Crippen molar-refractivity contribution in [3.63, 3.8) is 0 Å². The molecule has 2 unspecified atom stereocenters. The lowest BCUT2D eigenvalue weighted by molar-refractivity contribution is 0.107. The monoisotopic (exact) mass is 265 g/mol. The Labute approximate surface area is 114 Å². The molecule has 2 aliphatic rings. The van der Waals surface area contributed by atoms with Crippen LogP contribution in [0.4, 0.5) is 5.69 Å². The lowest BCUT2D eigenvalue weighted by atomic mass is 9.80. The highest BCUT2D eigenvalue weighted by Crippen LogP contribution is 2.31. The van der Waals surface area contributed by atoms with Crippen molar-refractivity contribution in [2.45, 2.75) is 6.04 Å². The van der Waals surface area contributed by atoms with Crippen molar-refractivity contribution in [2.75, 3.05) is 38.1 Å². The molecule has 0 aromatic heterocycles. The van der Waals surface area contributed by atoms with Gasteiger partial charge in [-0.15, -0.1) is 0 Å². The summed E-state index contributed by atoms with van der Waals surface area (Å²) >= 11 is 6.08. The van der Waals surface area contributed by atoms with E-state index in [-0.39, 0.29) is 0 Å². The number of anilines is 1. The van der Waals surface area contributed by atoms with Gasteiger partial charge in [-0.2, -0.15) is 0 Å². The number of likely N-dealkylation sites (tertiary alicyclic amines) is 1. The van der Waals surface area contributed by atoms with Gasteiger partial charge >= 0.3 is 0 Å². The summed E-state index contributed by atoms with van der Waals surface area (Å²) in [7, 11) is 2.20. The number of piperidine rings is 2. The minimum atomic E-state index is 0.358. The van der Waals surface area contributed by atoms with Crippen molar-refractivity contribution in [2.24, 2.45) is 17.6 Å². The number of halogens is 1. The standard InChI is InChI=1S/C14H20ClN3/c1-17-6-10-8-18(9-11(7-17)14(10)16)13-4-2-3-12(15)5-13/h2-5,10-11,14H,6-9,16H2,1H3. The van der Waals surface area contributed by atoms with E-state index in [1.54, 1.807) is 0 Å². The fraction of sp³-hybridized carbons (Fsp3) is 0.571. The molecule has 0 aliphatic carbocycles. The Morgan fingerprint density at radius 1 is 1.17 bits per heavy atom. The molecule has 2 heterocycles. The zero-order chi connectivity index (χ0) is 12.7. The molecule has 1 aromatic carbocycles. The van der Waals surface area contributed by atoms with Crippen molar-refractivity contribution >= 4 is 17.3 Å². The molecule has 2 saturated heterocycles. The van der Waals surface area contributed by atoms with E-state index in [0.717, 1.165) is 31.2 Å². The third-order valence-electron chi connectivity index (χ3n) is 4.26. The van der Waals surface area contributed by atoms with E-state index in [9.17, 15) is 0 Å². The maximum atomic E-state index is 6.34. The SMILES string of the molecule is CN1CC2CN(c3cccc(Cl)c3)CC(C1)C2N. The van der Waals surface area contributed by atoms with Crippen LogP contribution in [0.15, 0.2) is 24.3 Å². The van der Waals surface area contributed by atoms with Gasteiger partial charge < -0.3 is 15.5 Å². The molecule has 0 amide bonds. The number of hydrogen-bond acceptors (Lipinski definition) is 3. The van der Waals surface area contributed by atoms with E-state index >= 15 is 0 Å². The molecule has 2 bridgehead atoms. The second-order valence-corrected chi connectivity index (χ2v) is 6.14. The summed E-state index contributed by atoms with van der Waals surface area (Å²) in [6.07, 6.45) is 0. The van der Waals surface area contributed by atoms with Gasteiger partial charge in [-0.1, -0.05) is 17.7 Å². The van der Waals surface area contributed by atoms with E-state index in [1.807, 2.05) is 12.1 Å². The van der Waals surface area contributed by atoms with Crippen molar-refractivity contribution < 1.29 is 0 Å². The van der Waals surface area contributed by atoms with Crippen LogP contribution in [0.25, 0.3) is 0 Å². The average molecular weight is 266 g/mol. The lowest BCUT2D eigenvalue weighted by Crippen LogP contribution is -2.62. The van der Waals surface area contributed by atoms with Gasteiger partial charge in [0.15, 0.2) is 0 Å². The molecule has 2 atom stereocenters. The minimum absolute atomic E-state index is 0.358. The van der Waals surface area contributed by atoms with Crippen LogP contribution in [-0.4, -0.2) is 44.2 Å². The zero-order valence-corrected chi connectivity index (χ0v) is 11.5. The van der Waals surface area contributed by atoms with Gasteiger partial charge in [-0.3, -0.25) is 0 Å². The summed E-state index contributed by atoms with van der Waals surface area (Å²) in [5.41, 5.74) is 7.57. The Hall–Kier alpha value is -0.770. The number of nitrogens with two attached hydrogens (primary N) is 1. The first-order valence-electron chi connectivity index (χ1n) is 6.58. The molecule has 3 rings (SSSR count). The number of fused-ring (bicyclic) bond motifs is 2. The number of hydrogen-bond donors (Lipinski definition) is 1. The molecule has 1 aromatic rings. The quantitative estimate of drug-likeness (QED) is 0.838. The maximum absolute atomic E-state index is 6.34. The van der Waals surface area contributed by atoms with Crippen LogP contribution in [0.5, 0.6) is 0 Å². The van der Waals surface area contributed by atoms with E-state index in [2.05, 4.69) is 29.0 Å². The van der Waals surface area contributed by atoms with E-state index in [0.29, 0.717) is 17.9 Å². The third-order valence-corrected chi connectivity index (χ3v) is 4.50. The summed E-state index contributed by atoms with van der Waals surface area (Å²) in [4.78, 5) is 4.85. The molecule has 2 N–H and O–H groups in total. The molecule has 2 aliphatic heterocycles. The largest absolute Gasteiger partial charge is 0.371 e. The highest BCUT2D eigenvalue weighted by Gasteiger charge is 2.39. The fourth-order valence-corrected chi connectivity index (χ4v) is 3.57. The van der Waals surface area contributed by atoms with Gasteiger partial charge in [0.1, 0.15) is 0 Å². The summed E-state index contributed by atoms with van der Waals surface area (Å²) in [6.45, 7) is 4.30. The zero-order valence-electron chi connectivity index (χ0n) is 10.7. The van der Waals surface area contributed by atoms with Gasteiger partial charge in [-0.05, 0) is 25.2 Å². The van der Waals surface area contributed by atoms with Crippen molar-refractivity contribution in [3.05, 3.63) is 29.3 Å². The Bertz CT molecular complexity index is 421. The highest BCUT2D eigenvalue weighted by atomic mass is 35.5. The third kappa shape index (κ3) is 2.22. The Morgan fingerprint density at radius 3 is 2.44 bits per heavy atom. The van der Waals surface area contributed by atoms with E-state index in [4.69, 9.17) is 17.3 Å². The molecular weight excluding hydrogens is 246 g/mol. The first kappa shape index (κ1) is 12.3. The van der Waals surface area contributed by atoms with Crippen molar-refractivity contribution in [3.8, 4) is 0 Å². The van der Waals surface area contributed by atoms with E-state index < -0.39 is 0 Å². The van der Waals surface area contributed by atoms with Crippen LogP contribution in [0.2, 0.25) is 5.02 Å². The predicted molar refractivity (Wildman–Crippen MR) is 76.1 cm³/mol. The van der Waals surface area contributed by atoms with E-state index in [1.165, 1.54) is 5.69 Å². The second-order valence-electron chi connectivity index (χ2n) is 5.70. The topological polar surface area (TPSA) is 32.5 Å². The molecule has 2 fully saturated rings. The first-order valence-corrected chi connectivity index (χ1v) is 6.96. The summed E-state index contributed by atoms with van der Waals surface area (Å²) < 4.78 is 0. The molecule has 3 nitrogen and oxygen atoms in total. The predicted octanol–water partition coefficient (Wildman–Crippen LogP) is 1.67. The Kier molecular flexibility index (Phi) is 3.22. The smallest absolute Gasteiger partial charge is 0.0426 e. The van der Waals surface area contributed by atoms with Crippen molar-refractivity contribution in [1.82, 2.24) is 4.90 Å². The summed E-state index contributed by atoms with van der Waals surface area (Å²) in [5, 5.41) is 0.810. The van der Waals surface area contributed by atoms with Crippen LogP contribution in [0.1, 0.15) is 0 Å². The summed E-state index contributed by atoms with van der Waals surface area (Å²) in [6, 6.07) is 8.50. The second kappa shape index (κ2) is 4.72. The van der Waals surface area contributed by atoms with Gasteiger partial charge in [0.05, 0.1) is 0 Å². The Morgan fingerprint density at radius 2 is 1.83 bits per heavy atom. The number of rotatable bonds is 1. The molecule has 18 heavy (non-hydrogen) atoms. The first-order chi connectivity index (χ1) is 8.63. The van der Waals surface area contributed by atoms with Gasteiger partial charge in [0.2, 0.25) is 0 Å². The van der Waals surface area contributed by atoms with Crippen LogP contribution in [-0.2, 0) is 0 Å². The number of nitrogens with zero attached hydrogens (tertiary/aromatic N) is 2. The van der Waals surface area contributed by atoms with Crippen LogP contribution in [0, 0.1) is 11.8 Å². The lowest BCUT2D eigenvalue weighted by Gasteiger charge is -2.49. The number of benzene rings is 1. The van der Waals surface area contributed by atoms with Crippen LogP contribution in [0.3, 0.4) is 0 Å². The van der Waals surface area contributed by atoms with Crippen LogP contribution >= 0.6 is 11.6 Å². The molecular formula is C14H20ClN3. The Balaban J connectivity index is 1.81. The molecule has 0 saturated carbocycles. The summed E-state index contributed by atoms with van der Waals surface area (Å²) in [5.74, 6) is 1.14.